The van der Waals surface area contributed by atoms with E-state index in [1.807, 2.05) is 19.1 Å². The van der Waals surface area contributed by atoms with E-state index in [0.717, 1.165) is 30.6 Å². The zero-order chi connectivity index (χ0) is 26.7. The number of carbonyl (C=O) groups excluding carboxylic acids is 2. The third-order valence-electron chi connectivity index (χ3n) is 6.94. The summed E-state index contributed by atoms with van der Waals surface area (Å²) >= 11 is 0. The Balaban J connectivity index is 1.75. The molecule has 0 bridgehead atoms. The Hall–Kier alpha value is -3.78. The van der Waals surface area contributed by atoms with Gasteiger partial charge in [-0.25, -0.2) is 0 Å². The molecule has 0 spiro atoms. The highest BCUT2D eigenvalue weighted by atomic mass is 16.5. The summed E-state index contributed by atoms with van der Waals surface area (Å²) in [6, 6.07) is 11.7. The highest BCUT2D eigenvalue weighted by molar-refractivity contribution is 6.16. The molecule has 0 fully saturated rings. The van der Waals surface area contributed by atoms with Gasteiger partial charge in [-0.1, -0.05) is 31.5 Å². The zero-order valence-corrected chi connectivity index (χ0v) is 22.0. The van der Waals surface area contributed by atoms with Gasteiger partial charge in [-0.05, 0) is 68.9 Å². The highest BCUT2D eigenvalue weighted by Gasteiger charge is 2.44. The summed E-state index contributed by atoms with van der Waals surface area (Å²) in [7, 11) is 3.07. The fourth-order valence-corrected chi connectivity index (χ4v) is 4.90. The predicted octanol–water partition coefficient (Wildman–Crippen LogP) is 5.07. The number of aliphatic hydroxyl groups is 1. The van der Waals surface area contributed by atoms with Crippen LogP contribution in [0.25, 0.3) is 11.0 Å². The molecule has 37 heavy (non-hydrogen) atoms. The number of methoxy groups -OCH3 is 2. The molecule has 1 aliphatic rings. The van der Waals surface area contributed by atoms with E-state index in [-0.39, 0.29) is 11.3 Å². The number of Topliss-reactive ketones (excluding diaryl/α,β-unsaturated/α-hetero) is 1. The van der Waals surface area contributed by atoms with E-state index in [9.17, 15) is 14.7 Å². The number of amides is 1. The molecule has 1 unspecified atom stereocenters. The molecule has 1 N–H and O–H groups in total. The number of carbonyl (C=O) groups is 2. The number of hydrogen-bond acceptors (Lipinski definition) is 7. The van der Waals surface area contributed by atoms with Crippen LogP contribution in [0.1, 0.15) is 48.0 Å². The summed E-state index contributed by atoms with van der Waals surface area (Å²) in [6.45, 7) is 9.12. The number of ketones is 1. The zero-order valence-electron chi connectivity index (χ0n) is 22.0. The topological polar surface area (TPSA) is 92.5 Å². The summed E-state index contributed by atoms with van der Waals surface area (Å²) in [5.74, 6) is -0.583. The van der Waals surface area contributed by atoms with Gasteiger partial charge in [-0.3, -0.25) is 9.59 Å². The minimum Gasteiger partial charge on any atom is -0.503 e. The lowest BCUT2D eigenvalue weighted by Crippen LogP contribution is -2.34. The Kier molecular flexibility index (Phi) is 7.88. The molecule has 2 aromatic carbocycles. The summed E-state index contributed by atoms with van der Waals surface area (Å²) in [5, 5.41) is 11.8. The quantitative estimate of drug-likeness (QED) is 0.363. The van der Waals surface area contributed by atoms with Crippen LogP contribution in [-0.4, -0.2) is 67.0 Å². The maximum absolute atomic E-state index is 13.8. The van der Waals surface area contributed by atoms with Crippen LogP contribution >= 0.6 is 0 Å². The van der Waals surface area contributed by atoms with Crippen molar-refractivity contribution in [1.29, 1.82) is 0 Å². The molecule has 0 aliphatic carbocycles. The first-order chi connectivity index (χ1) is 17.8. The van der Waals surface area contributed by atoms with Crippen LogP contribution < -0.4 is 9.47 Å². The van der Waals surface area contributed by atoms with Crippen LogP contribution in [0.4, 0.5) is 0 Å². The van der Waals surface area contributed by atoms with Crippen LogP contribution in [0, 0.1) is 6.92 Å². The first-order valence-corrected chi connectivity index (χ1v) is 12.6. The molecule has 1 atom stereocenters. The van der Waals surface area contributed by atoms with Crippen LogP contribution in [0.2, 0.25) is 0 Å². The second kappa shape index (κ2) is 11.1. The first-order valence-electron chi connectivity index (χ1n) is 12.6. The van der Waals surface area contributed by atoms with Crippen molar-refractivity contribution in [2.45, 2.75) is 33.2 Å². The van der Waals surface area contributed by atoms with Crippen molar-refractivity contribution in [3.63, 3.8) is 0 Å². The Labute approximate surface area is 217 Å². The van der Waals surface area contributed by atoms with Gasteiger partial charge in [-0.2, -0.15) is 0 Å². The predicted molar refractivity (Wildman–Crippen MR) is 141 cm³/mol. The molecule has 8 nitrogen and oxygen atoms in total. The third-order valence-corrected chi connectivity index (χ3v) is 6.94. The highest BCUT2D eigenvalue weighted by Crippen LogP contribution is 2.42. The molecule has 0 saturated carbocycles. The smallest absolute Gasteiger partial charge is 0.290 e. The van der Waals surface area contributed by atoms with Crippen molar-refractivity contribution in [1.82, 2.24) is 9.80 Å². The maximum atomic E-state index is 13.8. The summed E-state index contributed by atoms with van der Waals surface area (Å²) in [6.07, 6.45) is 0.690. The van der Waals surface area contributed by atoms with Crippen LogP contribution in [0.3, 0.4) is 0 Å². The summed E-state index contributed by atoms with van der Waals surface area (Å²) in [5.41, 5.74) is 2.23. The molecule has 196 valence electrons. The average Bonchev–Trinajstić information content (AvgIpc) is 3.44. The van der Waals surface area contributed by atoms with Crippen molar-refractivity contribution < 1.29 is 28.6 Å². The lowest BCUT2D eigenvalue weighted by Gasteiger charge is -2.28. The van der Waals surface area contributed by atoms with Gasteiger partial charge in [0.25, 0.3) is 5.91 Å². The van der Waals surface area contributed by atoms with Gasteiger partial charge in [0.1, 0.15) is 5.58 Å². The maximum Gasteiger partial charge on any atom is 0.290 e. The normalized spacial score (nSPS) is 15.8. The minimum absolute atomic E-state index is 0.00385. The van der Waals surface area contributed by atoms with Crippen LogP contribution in [0.5, 0.6) is 11.5 Å². The summed E-state index contributed by atoms with van der Waals surface area (Å²) < 4.78 is 16.7. The standard InChI is InChI=1S/C29H34N2O6/c1-6-30(7-2)13-8-14-31-26(19-10-12-22(35-4)23(16-19)36-5)25(28(33)29(31)34)27(32)24-17-20-15-18(3)9-11-21(20)37-24/h9-12,15-17,26,33H,6-8,13-14H2,1-5H3. The van der Waals surface area contributed by atoms with E-state index in [2.05, 4.69) is 18.7 Å². The molecular formula is C29H34N2O6. The van der Waals surface area contributed by atoms with E-state index in [1.54, 1.807) is 42.3 Å². The number of hydrogen-bond donors (Lipinski definition) is 1. The molecule has 3 aromatic rings. The Bertz CT molecular complexity index is 1340. The molecule has 1 aromatic heterocycles. The second-order valence-corrected chi connectivity index (χ2v) is 9.14. The van der Waals surface area contributed by atoms with Gasteiger partial charge in [0.15, 0.2) is 23.0 Å². The molecule has 1 amide bonds. The number of furan rings is 1. The Morgan fingerprint density at radius 1 is 1.05 bits per heavy atom. The number of aryl methyl sites for hydroxylation is 1. The number of ether oxygens (including phenoxy) is 2. The van der Waals surface area contributed by atoms with Gasteiger partial charge < -0.3 is 28.8 Å². The lowest BCUT2D eigenvalue weighted by atomic mass is 9.94. The van der Waals surface area contributed by atoms with E-state index in [4.69, 9.17) is 13.9 Å². The monoisotopic (exact) mass is 506 g/mol. The molecule has 0 saturated heterocycles. The van der Waals surface area contributed by atoms with Crippen molar-refractivity contribution in [3.05, 3.63) is 70.7 Å². The van der Waals surface area contributed by atoms with Crippen molar-refractivity contribution in [2.24, 2.45) is 0 Å². The number of rotatable bonds is 11. The molecule has 1 aliphatic heterocycles. The fraction of sp³-hybridized carbons (Fsp3) is 0.379. The van der Waals surface area contributed by atoms with Gasteiger partial charge >= 0.3 is 0 Å². The van der Waals surface area contributed by atoms with Gasteiger partial charge in [0.05, 0.1) is 25.8 Å². The SMILES string of the molecule is CCN(CC)CCCN1C(=O)C(O)=C(C(=O)c2cc3cc(C)ccc3o2)C1c1ccc(OC)c(OC)c1. The lowest BCUT2D eigenvalue weighted by molar-refractivity contribution is -0.129. The van der Waals surface area contributed by atoms with Crippen molar-refractivity contribution >= 4 is 22.7 Å². The van der Waals surface area contributed by atoms with E-state index in [0.29, 0.717) is 35.6 Å². The molecule has 8 heteroatoms. The van der Waals surface area contributed by atoms with E-state index in [1.165, 1.54) is 7.11 Å². The number of benzene rings is 2. The van der Waals surface area contributed by atoms with Crippen LogP contribution in [-0.2, 0) is 4.79 Å². The van der Waals surface area contributed by atoms with E-state index < -0.39 is 23.5 Å². The van der Waals surface area contributed by atoms with Gasteiger partial charge in [0.2, 0.25) is 5.78 Å². The Morgan fingerprint density at radius 2 is 1.78 bits per heavy atom. The third kappa shape index (κ3) is 5.06. The van der Waals surface area contributed by atoms with Crippen molar-refractivity contribution in [2.75, 3.05) is 40.4 Å². The fourth-order valence-electron chi connectivity index (χ4n) is 4.90. The van der Waals surface area contributed by atoms with E-state index >= 15 is 0 Å². The summed E-state index contributed by atoms with van der Waals surface area (Å²) in [4.78, 5) is 30.9. The number of fused-ring (bicyclic) bond motifs is 1. The second-order valence-electron chi connectivity index (χ2n) is 9.14. The molecule has 4 rings (SSSR count). The molecular weight excluding hydrogens is 472 g/mol. The molecule has 0 radical (unpaired) electrons. The molecule has 2 heterocycles. The van der Waals surface area contributed by atoms with Gasteiger partial charge in [-0.15, -0.1) is 0 Å². The largest absolute Gasteiger partial charge is 0.503 e. The van der Waals surface area contributed by atoms with Crippen LogP contribution in [0.15, 0.2) is 58.2 Å². The van der Waals surface area contributed by atoms with Crippen molar-refractivity contribution in [3.8, 4) is 11.5 Å². The minimum atomic E-state index is -0.800. The Morgan fingerprint density at radius 3 is 2.46 bits per heavy atom. The first kappa shape index (κ1) is 26.3. The number of aliphatic hydroxyl groups excluding tert-OH is 1. The number of nitrogens with zero attached hydrogens (tertiary/aromatic N) is 2. The average molecular weight is 507 g/mol. The van der Waals surface area contributed by atoms with Gasteiger partial charge in [0, 0.05) is 11.9 Å².